The minimum atomic E-state index is 0.229. The third-order valence-corrected chi connectivity index (χ3v) is 4.03. The molecule has 1 aromatic carbocycles. The summed E-state index contributed by atoms with van der Waals surface area (Å²) in [5, 5.41) is 4.60. The average Bonchev–Trinajstić information content (AvgIpc) is 2.82. The molecule has 0 bridgehead atoms. The van der Waals surface area contributed by atoms with Crippen LogP contribution in [0, 0.1) is 0 Å². The second kappa shape index (κ2) is 5.83. The Morgan fingerprint density at radius 2 is 2.18 bits per heavy atom. The third-order valence-electron chi connectivity index (χ3n) is 2.51. The van der Waals surface area contributed by atoms with E-state index in [1.165, 1.54) is 4.88 Å². The van der Waals surface area contributed by atoms with Crippen LogP contribution in [0.1, 0.15) is 23.4 Å². The standard InChI is InChI=1S/C12H12Cl2N2S/c1-8(16-6-10-5-15-7-17-10)9-2-3-11(13)12(14)4-9/h2-5,7-8,16H,6H2,1H3. The lowest BCUT2D eigenvalue weighted by atomic mass is 10.1. The quantitative estimate of drug-likeness (QED) is 0.906. The molecule has 5 heteroatoms. The van der Waals surface area contributed by atoms with Crippen LogP contribution in [0.2, 0.25) is 10.0 Å². The Kier molecular flexibility index (Phi) is 4.40. The van der Waals surface area contributed by atoms with Gasteiger partial charge in [0, 0.05) is 23.7 Å². The summed E-state index contributed by atoms with van der Waals surface area (Å²) in [6.45, 7) is 2.91. The lowest BCUT2D eigenvalue weighted by molar-refractivity contribution is 0.578. The number of hydrogen-bond donors (Lipinski definition) is 1. The minimum absolute atomic E-state index is 0.229. The normalized spacial score (nSPS) is 12.6. The third kappa shape index (κ3) is 3.42. The molecule has 0 fully saturated rings. The van der Waals surface area contributed by atoms with Crippen molar-refractivity contribution in [2.75, 3.05) is 0 Å². The Hall–Kier alpha value is -0.610. The number of nitrogens with one attached hydrogen (secondary N) is 1. The van der Waals surface area contributed by atoms with E-state index in [2.05, 4.69) is 17.2 Å². The summed E-state index contributed by atoms with van der Waals surface area (Å²) in [5.74, 6) is 0. The van der Waals surface area contributed by atoms with E-state index in [1.807, 2.05) is 29.9 Å². The minimum Gasteiger partial charge on any atom is -0.305 e. The van der Waals surface area contributed by atoms with E-state index in [0.29, 0.717) is 10.0 Å². The van der Waals surface area contributed by atoms with Crippen molar-refractivity contribution in [2.45, 2.75) is 19.5 Å². The van der Waals surface area contributed by atoms with E-state index in [0.717, 1.165) is 12.1 Å². The summed E-state index contributed by atoms with van der Waals surface area (Å²) in [4.78, 5) is 5.26. The lowest BCUT2D eigenvalue weighted by Crippen LogP contribution is -2.17. The molecule has 0 aliphatic carbocycles. The van der Waals surface area contributed by atoms with Gasteiger partial charge < -0.3 is 5.32 Å². The molecule has 17 heavy (non-hydrogen) atoms. The van der Waals surface area contributed by atoms with Gasteiger partial charge in [-0.2, -0.15) is 0 Å². The van der Waals surface area contributed by atoms with Gasteiger partial charge in [-0.25, -0.2) is 0 Å². The summed E-state index contributed by atoms with van der Waals surface area (Å²) in [6, 6.07) is 5.93. The molecule has 1 atom stereocenters. The highest BCUT2D eigenvalue weighted by molar-refractivity contribution is 7.09. The Balaban J connectivity index is 1.99. The van der Waals surface area contributed by atoms with Crippen molar-refractivity contribution >= 4 is 34.5 Å². The molecule has 2 rings (SSSR count). The number of aromatic nitrogens is 1. The molecule has 0 radical (unpaired) electrons. The molecule has 0 aliphatic heterocycles. The van der Waals surface area contributed by atoms with E-state index in [4.69, 9.17) is 23.2 Å². The fourth-order valence-electron chi connectivity index (χ4n) is 1.48. The molecule has 1 N–H and O–H groups in total. The maximum absolute atomic E-state index is 5.99. The van der Waals surface area contributed by atoms with Crippen LogP contribution in [0.3, 0.4) is 0 Å². The van der Waals surface area contributed by atoms with Crippen LogP contribution in [0.25, 0.3) is 0 Å². The predicted molar refractivity (Wildman–Crippen MR) is 73.8 cm³/mol. The number of rotatable bonds is 4. The smallest absolute Gasteiger partial charge is 0.0794 e. The highest BCUT2D eigenvalue weighted by Gasteiger charge is 2.07. The SMILES string of the molecule is CC(NCc1cncs1)c1ccc(Cl)c(Cl)c1. The molecule has 2 nitrogen and oxygen atoms in total. The Morgan fingerprint density at radius 3 is 2.82 bits per heavy atom. The zero-order chi connectivity index (χ0) is 12.3. The number of nitrogens with zero attached hydrogens (tertiary/aromatic N) is 1. The van der Waals surface area contributed by atoms with Crippen molar-refractivity contribution < 1.29 is 0 Å². The van der Waals surface area contributed by atoms with Crippen LogP contribution in [0.15, 0.2) is 29.9 Å². The molecular formula is C12H12Cl2N2S. The van der Waals surface area contributed by atoms with Gasteiger partial charge in [0.1, 0.15) is 0 Å². The molecule has 0 aliphatic rings. The highest BCUT2D eigenvalue weighted by atomic mass is 35.5. The van der Waals surface area contributed by atoms with Crippen molar-refractivity contribution in [2.24, 2.45) is 0 Å². The summed E-state index contributed by atoms with van der Waals surface area (Å²) in [7, 11) is 0. The maximum atomic E-state index is 5.99. The second-order valence-electron chi connectivity index (χ2n) is 3.74. The Bertz CT molecular complexity index is 485. The van der Waals surface area contributed by atoms with Crippen molar-refractivity contribution in [3.05, 3.63) is 50.4 Å². The summed E-state index contributed by atoms with van der Waals surface area (Å²) in [6.07, 6.45) is 1.87. The van der Waals surface area contributed by atoms with Gasteiger partial charge in [-0.3, -0.25) is 4.98 Å². The van der Waals surface area contributed by atoms with Crippen molar-refractivity contribution in [1.82, 2.24) is 10.3 Å². The topological polar surface area (TPSA) is 24.9 Å². The van der Waals surface area contributed by atoms with Crippen LogP contribution in [-0.4, -0.2) is 4.98 Å². The maximum Gasteiger partial charge on any atom is 0.0794 e. The zero-order valence-corrected chi connectivity index (χ0v) is 11.6. The first-order valence-corrected chi connectivity index (χ1v) is 6.86. The molecule has 90 valence electrons. The molecule has 0 saturated carbocycles. The van der Waals surface area contributed by atoms with Crippen LogP contribution in [0.4, 0.5) is 0 Å². The first-order chi connectivity index (χ1) is 8.16. The van der Waals surface area contributed by atoms with Crippen LogP contribution < -0.4 is 5.32 Å². The Morgan fingerprint density at radius 1 is 1.35 bits per heavy atom. The molecule has 1 unspecified atom stereocenters. The van der Waals surface area contributed by atoms with E-state index in [-0.39, 0.29) is 6.04 Å². The van der Waals surface area contributed by atoms with Gasteiger partial charge in [-0.15, -0.1) is 11.3 Å². The zero-order valence-electron chi connectivity index (χ0n) is 9.28. The molecule has 1 heterocycles. The van der Waals surface area contributed by atoms with Crippen LogP contribution in [0.5, 0.6) is 0 Å². The van der Waals surface area contributed by atoms with Crippen LogP contribution >= 0.6 is 34.5 Å². The fraction of sp³-hybridized carbons (Fsp3) is 0.250. The predicted octanol–water partition coefficient (Wildman–Crippen LogP) is 4.30. The van der Waals surface area contributed by atoms with Crippen molar-refractivity contribution in [3.63, 3.8) is 0 Å². The van der Waals surface area contributed by atoms with Crippen molar-refractivity contribution in [3.8, 4) is 0 Å². The molecule has 0 saturated heterocycles. The molecule has 0 amide bonds. The molecule has 0 spiro atoms. The summed E-state index contributed by atoms with van der Waals surface area (Å²) in [5.41, 5.74) is 2.96. The molecular weight excluding hydrogens is 275 g/mol. The van der Waals surface area contributed by atoms with E-state index >= 15 is 0 Å². The first kappa shape index (κ1) is 12.8. The van der Waals surface area contributed by atoms with E-state index in [1.54, 1.807) is 11.3 Å². The van der Waals surface area contributed by atoms with Gasteiger partial charge in [-0.05, 0) is 24.6 Å². The monoisotopic (exact) mass is 286 g/mol. The first-order valence-electron chi connectivity index (χ1n) is 5.22. The van der Waals surface area contributed by atoms with E-state index < -0.39 is 0 Å². The summed E-state index contributed by atoms with van der Waals surface area (Å²) >= 11 is 13.5. The van der Waals surface area contributed by atoms with Gasteiger partial charge in [0.05, 0.1) is 15.6 Å². The van der Waals surface area contributed by atoms with E-state index in [9.17, 15) is 0 Å². The second-order valence-corrected chi connectivity index (χ2v) is 5.53. The Labute approximate surface area is 115 Å². The van der Waals surface area contributed by atoms with Gasteiger partial charge in [0.25, 0.3) is 0 Å². The number of hydrogen-bond acceptors (Lipinski definition) is 3. The summed E-state index contributed by atoms with van der Waals surface area (Å²) < 4.78 is 0. The molecule has 2 aromatic rings. The highest BCUT2D eigenvalue weighted by Crippen LogP contribution is 2.25. The number of thiazole rings is 1. The van der Waals surface area contributed by atoms with Gasteiger partial charge in [0.2, 0.25) is 0 Å². The van der Waals surface area contributed by atoms with Crippen LogP contribution in [-0.2, 0) is 6.54 Å². The fourth-order valence-corrected chi connectivity index (χ4v) is 2.33. The van der Waals surface area contributed by atoms with Gasteiger partial charge >= 0.3 is 0 Å². The number of benzene rings is 1. The molecule has 1 aromatic heterocycles. The van der Waals surface area contributed by atoms with Gasteiger partial charge in [-0.1, -0.05) is 29.3 Å². The lowest BCUT2D eigenvalue weighted by Gasteiger charge is -2.14. The average molecular weight is 287 g/mol. The largest absolute Gasteiger partial charge is 0.305 e. The van der Waals surface area contributed by atoms with Gasteiger partial charge in [0.15, 0.2) is 0 Å². The van der Waals surface area contributed by atoms with Crippen molar-refractivity contribution in [1.29, 1.82) is 0 Å². The number of halogens is 2.